The summed E-state index contributed by atoms with van der Waals surface area (Å²) in [6.45, 7) is -0.107. The maximum atomic E-state index is 7.58. The smallest absolute Gasteiger partial charge is 0.256 e. The molecule has 368 valence electrons. The number of hydrogen-bond donors (Lipinski definition) is 0. The number of rotatable bonds is 7. The van der Waals surface area contributed by atoms with Gasteiger partial charge in [0.05, 0.1) is 38.8 Å². The fourth-order valence-corrected chi connectivity index (χ4v) is 13.5. The van der Waals surface area contributed by atoms with Gasteiger partial charge in [0.1, 0.15) is 11.5 Å². The van der Waals surface area contributed by atoms with Crippen LogP contribution < -0.4 is 30.9 Å². The van der Waals surface area contributed by atoms with Crippen LogP contribution in [0.15, 0.2) is 279 Å². The summed E-state index contributed by atoms with van der Waals surface area (Å²) in [4.78, 5) is 4.77. The van der Waals surface area contributed by atoms with Gasteiger partial charge in [-0.2, -0.15) is 0 Å². The van der Waals surface area contributed by atoms with Gasteiger partial charge in [-0.1, -0.05) is 170 Å². The molecule has 2 aliphatic rings. The van der Waals surface area contributed by atoms with E-state index in [1.54, 1.807) is 0 Å². The highest BCUT2D eigenvalue weighted by Gasteiger charge is 2.43. The summed E-state index contributed by atoms with van der Waals surface area (Å²) in [5.74, 6) is 1.67. The quantitative estimate of drug-likeness (QED) is 0.149. The molecule has 0 aliphatic carbocycles. The van der Waals surface area contributed by atoms with E-state index in [0.29, 0.717) is 0 Å². The Morgan fingerprint density at radius 1 is 0.304 bits per heavy atom. The zero-order valence-corrected chi connectivity index (χ0v) is 42.8. The second-order valence-corrected chi connectivity index (χ2v) is 20.8. The Labute approximate surface area is 456 Å². The van der Waals surface area contributed by atoms with E-state index >= 15 is 0 Å². The first-order chi connectivity index (χ1) is 39.3. The molecule has 79 heavy (non-hydrogen) atoms. The lowest BCUT2D eigenvalue weighted by molar-refractivity contribution is 0.487. The van der Waals surface area contributed by atoms with Crippen molar-refractivity contribution >= 4 is 123 Å². The molecule has 0 amide bonds. The molecule has 7 heteroatoms. The molecule has 6 nitrogen and oxygen atoms in total. The fourth-order valence-electron chi connectivity index (χ4n) is 13.5. The number of benzene rings is 12. The number of para-hydroxylation sites is 9. The predicted octanol–water partition coefficient (Wildman–Crippen LogP) is 16.9. The fraction of sp³-hybridized carbons (Fsp3) is 0. The summed E-state index contributed by atoms with van der Waals surface area (Å²) in [5, 5.41) is 7.22. The summed E-state index contributed by atoms with van der Waals surface area (Å²) in [5.41, 5.74) is 20.2. The van der Waals surface area contributed by atoms with Crippen LogP contribution in [0, 0.1) is 0 Å². The Morgan fingerprint density at radius 3 is 1.25 bits per heavy atom. The molecule has 5 heterocycles. The molecule has 0 N–H and O–H groups in total. The summed E-state index contributed by atoms with van der Waals surface area (Å²) in [6.07, 6.45) is 0. The third kappa shape index (κ3) is 6.30. The molecule has 0 fully saturated rings. The minimum absolute atomic E-state index is 0.107. The highest BCUT2D eigenvalue weighted by molar-refractivity contribution is 6.99. The van der Waals surface area contributed by atoms with Gasteiger partial charge >= 0.3 is 0 Å². The van der Waals surface area contributed by atoms with E-state index in [-0.39, 0.29) is 6.71 Å². The lowest BCUT2D eigenvalue weighted by atomic mass is 9.34. The molecule has 0 radical (unpaired) electrons. The third-order valence-electron chi connectivity index (χ3n) is 16.6. The van der Waals surface area contributed by atoms with E-state index < -0.39 is 0 Å². The van der Waals surface area contributed by atoms with Crippen LogP contribution in [0.1, 0.15) is 0 Å². The molecule has 2 aliphatic heterocycles. The first-order valence-corrected chi connectivity index (χ1v) is 27.1. The van der Waals surface area contributed by atoms with E-state index in [9.17, 15) is 0 Å². The number of ether oxygens (including phenoxy) is 1. The molecule has 0 saturated heterocycles. The van der Waals surface area contributed by atoms with Crippen molar-refractivity contribution in [3.05, 3.63) is 279 Å². The minimum atomic E-state index is -0.107. The van der Waals surface area contributed by atoms with Crippen molar-refractivity contribution in [1.29, 1.82) is 0 Å². The number of nitrogens with zero attached hydrogens (tertiary/aromatic N) is 5. The molecule has 15 aromatic rings. The zero-order chi connectivity index (χ0) is 51.7. The van der Waals surface area contributed by atoms with Crippen molar-refractivity contribution in [2.24, 2.45) is 0 Å². The van der Waals surface area contributed by atoms with Crippen LogP contribution in [-0.2, 0) is 0 Å². The summed E-state index contributed by atoms with van der Waals surface area (Å²) < 4.78 is 15.1. The zero-order valence-electron chi connectivity index (χ0n) is 42.8. The summed E-state index contributed by atoms with van der Waals surface area (Å²) in [6, 6.07) is 101. The molecule has 12 aromatic carbocycles. The van der Waals surface area contributed by atoms with Crippen molar-refractivity contribution in [3.8, 4) is 28.6 Å². The Balaban J connectivity index is 0.984. The summed E-state index contributed by atoms with van der Waals surface area (Å²) in [7, 11) is 0. The maximum absolute atomic E-state index is 7.58. The topological polar surface area (TPSA) is 30.5 Å². The predicted molar refractivity (Wildman–Crippen MR) is 330 cm³/mol. The Bertz CT molecular complexity index is 4820. The average molecular weight is 1010 g/mol. The highest BCUT2D eigenvalue weighted by Crippen LogP contribution is 2.51. The first-order valence-electron chi connectivity index (χ1n) is 27.1. The molecule has 17 rings (SSSR count). The maximum Gasteiger partial charge on any atom is 0.256 e. The third-order valence-corrected chi connectivity index (χ3v) is 16.6. The standard InChI is InChI=1S/C72H46BN5O/c1-6-24-47(25-7-1)74(48-26-8-2-9-27-48)53-44-63-69-65(46-53)79-64-45-52(42-43-58(64)73(69)57-37-19-23-41-62(57)75(63)49-28-10-3-11-29-49)78-61-40-22-18-36-56(61)68-71-66(54-34-16-20-38-59(54)76(71)50-30-12-4-13-31-50)70-67(72(68)78)55-35-17-21-39-60(55)77(70)51-32-14-5-15-33-51/h1-46H. The van der Waals surface area contributed by atoms with E-state index in [1.165, 1.54) is 48.8 Å². The van der Waals surface area contributed by atoms with Gasteiger partial charge in [0.2, 0.25) is 0 Å². The Kier molecular flexibility index (Phi) is 9.41. The molecule has 0 unspecified atom stereocenters. The number of anilines is 6. The van der Waals surface area contributed by atoms with Crippen LogP contribution in [0.3, 0.4) is 0 Å². The van der Waals surface area contributed by atoms with Gasteiger partial charge in [0.15, 0.2) is 0 Å². The molecule has 0 bridgehead atoms. The normalized spacial score (nSPS) is 12.6. The van der Waals surface area contributed by atoms with Crippen LogP contribution in [0.25, 0.3) is 82.5 Å². The van der Waals surface area contributed by atoms with Gasteiger partial charge in [-0.25, -0.2) is 0 Å². The SMILES string of the molecule is c1ccc(N(c2ccccc2)c2cc3c4c(c2)N(c2ccccc2)c2ccccc2B4c2ccc(-n4c5ccccc5c5c6c(c7ccccc7n6-c6ccccc6)c6c(c7ccccc7n6-c6ccccc6)c54)cc2O3)cc1. The minimum Gasteiger partial charge on any atom is -0.458 e. The van der Waals surface area contributed by atoms with Crippen molar-refractivity contribution in [3.63, 3.8) is 0 Å². The average Bonchev–Trinajstić information content (AvgIpc) is 4.13. The van der Waals surface area contributed by atoms with Crippen LogP contribution in [0.4, 0.5) is 34.1 Å². The lowest BCUT2D eigenvalue weighted by Gasteiger charge is -2.41. The first kappa shape index (κ1) is 43.7. The van der Waals surface area contributed by atoms with Crippen LogP contribution in [-0.4, -0.2) is 20.4 Å². The molecule has 0 spiro atoms. The van der Waals surface area contributed by atoms with Crippen molar-refractivity contribution < 1.29 is 4.74 Å². The highest BCUT2D eigenvalue weighted by atomic mass is 16.5. The van der Waals surface area contributed by atoms with Crippen LogP contribution in [0.2, 0.25) is 0 Å². The number of aromatic nitrogens is 3. The molecular formula is C72H46BN5O. The van der Waals surface area contributed by atoms with E-state index in [0.717, 1.165) is 95.7 Å². The van der Waals surface area contributed by atoms with Crippen molar-refractivity contribution in [1.82, 2.24) is 13.7 Å². The van der Waals surface area contributed by atoms with E-state index in [1.807, 2.05) is 0 Å². The van der Waals surface area contributed by atoms with Gasteiger partial charge in [-0.05, 0) is 113 Å². The van der Waals surface area contributed by atoms with Gasteiger partial charge in [0, 0.05) is 89.9 Å². The molecule has 3 aromatic heterocycles. The van der Waals surface area contributed by atoms with Gasteiger partial charge in [-0.15, -0.1) is 0 Å². The molecule has 0 saturated carbocycles. The summed E-state index contributed by atoms with van der Waals surface area (Å²) >= 11 is 0. The van der Waals surface area contributed by atoms with Crippen molar-refractivity contribution in [2.75, 3.05) is 9.80 Å². The monoisotopic (exact) mass is 1010 g/mol. The number of fused-ring (bicyclic) bond motifs is 16. The second-order valence-electron chi connectivity index (χ2n) is 20.8. The molecule has 0 atom stereocenters. The van der Waals surface area contributed by atoms with Crippen LogP contribution in [0.5, 0.6) is 11.5 Å². The van der Waals surface area contributed by atoms with Crippen LogP contribution >= 0.6 is 0 Å². The largest absolute Gasteiger partial charge is 0.458 e. The van der Waals surface area contributed by atoms with E-state index in [2.05, 4.69) is 303 Å². The van der Waals surface area contributed by atoms with Gasteiger partial charge in [0.25, 0.3) is 6.71 Å². The van der Waals surface area contributed by atoms with E-state index in [4.69, 9.17) is 4.74 Å². The lowest BCUT2D eigenvalue weighted by Crippen LogP contribution is -2.59. The van der Waals surface area contributed by atoms with Gasteiger partial charge < -0.3 is 28.2 Å². The second kappa shape index (κ2) is 17.0. The van der Waals surface area contributed by atoms with Gasteiger partial charge in [-0.3, -0.25) is 0 Å². The Hall–Kier alpha value is -10.5. The number of hydrogen-bond acceptors (Lipinski definition) is 3. The van der Waals surface area contributed by atoms with Crippen molar-refractivity contribution in [2.45, 2.75) is 0 Å². The molecular weight excluding hydrogens is 962 g/mol. The Morgan fingerprint density at radius 2 is 0.734 bits per heavy atom.